The molecule has 0 bridgehead atoms. The third-order valence-electron chi connectivity index (χ3n) is 4.69. The van der Waals surface area contributed by atoms with Gasteiger partial charge in [0.2, 0.25) is 0 Å². The van der Waals surface area contributed by atoms with Gasteiger partial charge in [0.1, 0.15) is 12.9 Å². The molecule has 144 valence electrons. The molecular weight excluding hydrogens is 324 g/mol. The Labute approximate surface area is 150 Å². The van der Waals surface area contributed by atoms with E-state index in [-0.39, 0.29) is 17.8 Å². The van der Waals surface area contributed by atoms with Gasteiger partial charge in [-0.2, -0.15) is 0 Å². The van der Waals surface area contributed by atoms with E-state index in [1.54, 1.807) is 20.1 Å². The highest BCUT2D eigenvalue weighted by Crippen LogP contribution is 2.33. The molecule has 6 heteroatoms. The van der Waals surface area contributed by atoms with E-state index in [0.29, 0.717) is 19.3 Å². The number of hydrogen-bond acceptors (Lipinski definition) is 5. The third kappa shape index (κ3) is 8.74. The van der Waals surface area contributed by atoms with Gasteiger partial charge < -0.3 is 23.7 Å². The lowest BCUT2D eigenvalue weighted by Gasteiger charge is -2.39. The second-order valence-corrected chi connectivity index (χ2v) is 9.14. The van der Waals surface area contributed by atoms with Gasteiger partial charge in [0.25, 0.3) is 0 Å². The van der Waals surface area contributed by atoms with Crippen LogP contribution < -0.4 is 0 Å². The van der Waals surface area contributed by atoms with Crippen LogP contribution >= 0.6 is 0 Å². The molecule has 0 fully saturated rings. The molecule has 0 aliphatic heterocycles. The van der Waals surface area contributed by atoms with E-state index in [0.717, 1.165) is 6.42 Å². The van der Waals surface area contributed by atoms with E-state index in [1.807, 2.05) is 0 Å². The Morgan fingerprint density at radius 2 is 1.79 bits per heavy atom. The SMILES string of the molecule is C=C[C@H](OCO[SiH2]COC)[C@](C)(O)CCCOC(C)(C)C(C)(C)C. The van der Waals surface area contributed by atoms with Crippen LogP contribution in [0.4, 0.5) is 0 Å². The van der Waals surface area contributed by atoms with E-state index < -0.39 is 21.5 Å². The topological polar surface area (TPSA) is 57.2 Å². The highest BCUT2D eigenvalue weighted by Gasteiger charge is 2.34. The van der Waals surface area contributed by atoms with Crippen LogP contribution in [0.5, 0.6) is 0 Å². The normalized spacial score (nSPS) is 17.2. The summed E-state index contributed by atoms with van der Waals surface area (Å²) in [6.45, 7) is 17.0. The molecule has 0 aromatic heterocycles. The molecule has 24 heavy (non-hydrogen) atoms. The van der Waals surface area contributed by atoms with E-state index in [4.69, 9.17) is 18.6 Å². The fourth-order valence-electron chi connectivity index (χ4n) is 1.94. The second-order valence-electron chi connectivity index (χ2n) is 7.91. The van der Waals surface area contributed by atoms with Crippen LogP contribution in [0.15, 0.2) is 12.7 Å². The minimum absolute atomic E-state index is 0.0612. The van der Waals surface area contributed by atoms with Crippen molar-refractivity contribution in [3.8, 4) is 0 Å². The molecule has 0 aromatic rings. The molecular formula is C18H38O5Si. The summed E-state index contributed by atoms with van der Waals surface area (Å²) in [5.41, 5.74) is -1.15. The van der Waals surface area contributed by atoms with Gasteiger partial charge in [-0.1, -0.05) is 26.8 Å². The largest absolute Gasteiger partial charge is 0.400 e. The molecule has 2 atom stereocenters. The van der Waals surface area contributed by atoms with Gasteiger partial charge >= 0.3 is 0 Å². The molecule has 0 radical (unpaired) electrons. The summed E-state index contributed by atoms with van der Waals surface area (Å²) >= 11 is 0. The summed E-state index contributed by atoms with van der Waals surface area (Å²) in [5, 5.41) is 10.6. The van der Waals surface area contributed by atoms with E-state index in [9.17, 15) is 5.11 Å². The first-order valence-corrected chi connectivity index (χ1v) is 10.2. The lowest BCUT2D eigenvalue weighted by molar-refractivity contribution is -0.124. The summed E-state index contributed by atoms with van der Waals surface area (Å²) in [4.78, 5) is 0. The predicted molar refractivity (Wildman–Crippen MR) is 101 cm³/mol. The quantitative estimate of drug-likeness (QED) is 0.236. The fraction of sp³-hybridized carbons (Fsp3) is 0.889. The summed E-state index contributed by atoms with van der Waals surface area (Å²) in [7, 11) is 0.935. The molecule has 0 aromatic carbocycles. The molecule has 5 nitrogen and oxygen atoms in total. The van der Waals surface area contributed by atoms with Crippen LogP contribution in [0.2, 0.25) is 0 Å². The van der Waals surface area contributed by atoms with Crippen LogP contribution in [0.3, 0.4) is 0 Å². The average Bonchev–Trinajstić information content (AvgIpc) is 2.46. The van der Waals surface area contributed by atoms with Crippen molar-refractivity contribution in [2.24, 2.45) is 5.41 Å². The van der Waals surface area contributed by atoms with Gasteiger partial charge in [0.15, 0.2) is 9.76 Å². The molecule has 1 N–H and O–H groups in total. The number of aliphatic hydroxyl groups is 1. The first kappa shape index (κ1) is 23.8. The van der Waals surface area contributed by atoms with Crippen molar-refractivity contribution in [1.82, 2.24) is 0 Å². The number of ether oxygens (including phenoxy) is 3. The van der Waals surface area contributed by atoms with Crippen molar-refractivity contribution in [3.63, 3.8) is 0 Å². The van der Waals surface area contributed by atoms with Crippen molar-refractivity contribution in [1.29, 1.82) is 0 Å². The Hall–Kier alpha value is -0.243. The van der Waals surface area contributed by atoms with Gasteiger partial charge in [-0.05, 0) is 39.0 Å². The summed E-state index contributed by atoms with van der Waals surface area (Å²) in [5.74, 6) is 0. The Kier molecular flexibility index (Phi) is 10.6. The second kappa shape index (κ2) is 10.7. The van der Waals surface area contributed by atoms with Gasteiger partial charge in [-0.3, -0.25) is 0 Å². The Morgan fingerprint density at radius 3 is 2.29 bits per heavy atom. The third-order valence-corrected chi connectivity index (χ3v) is 5.72. The molecule has 0 aliphatic carbocycles. The van der Waals surface area contributed by atoms with Crippen LogP contribution in [0, 0.1) is 5.41 Å². The molecule has 0 amide bonds. The standard InChI is InChI=1S/C18H38O5Si/c1-9-15(21-13-23-24-14-20-8)18(7,19)11-10-12-22-17(5,6)16(2,3)4/h9,15,19H,1,10-14,24H2,2-8H3/t15-,18+/m0/s1. The highest BCUT2D eigenvalue weighted by molar-refractivity contribution is 6.26. The number of rotatable bonds is 13. The molecule has 0 rings (SSSR count). The van der Waals surface area contributed by atoms with Crippen LogP contribution in [0.1, 0.15) is 54.4 Å². The lowest BCUT2D eigenvalue weighted by Crippen LogP contribution is -2.42. The molecule has 0 spiro atoms. The maximum Gasteiger partial charge on any atom is 0.189 e. The number of hydrogen-bond donors (Lipinski definition) is 1. The summed E-state index contributed by atoms with van der Waals surface area (Å²) in [6.07, 6.45) is 3.13. The highest BCUT2D eigenvalue weighted by atomic mass is 28.2. The van der Waals surface area contributed by atoms with Crippen molar-refractivity contribution in [2.45, 2.75) is 71.7 Å². The minimum atomic E-state index is -0.997. The monoisotopic (exact) mass is 362 g/mol. The Morgan fingerprint density at radius 1 is 1.17 bits per heavy atom. The van der Waals surface area contributed by atoms with Crippen LogP contribution in [0.25, 0.3) is 0 Å². The maximum atomic E-state index is 10.6. The molecule has 0 saturated heterocycles. The van der Waals surface area contributed by atoms with E-state index >= 15 is 0 Å². The van der Waals surface area contributed by atoms with Crippen molar-refractivity contribution in [2.75, 3.05) is 26.7 Å². The zero-order valence-corrected chi connectivity index (χ0v) is 18.1. The molecule has 0 heterocycles. The summed E-state index contributed by atoms with van der Waals surface area (Å²) < 4.78 is 22.0. The smallest absolute Gasteiger partial charge is 0.189 e. The predicted octanol–water partition coefficient (Wildman–Crippen LogP) is 2.59. The zero-order chi connectivity index (χ0) is 18.9. The molecule has 0 unspecified atom stereocenters. The zero-order valence-electron chi connectivity index (χ0n) is 16.7. The maximum absolute atomic E-state index is 10.6. The van der Waals surface area contributed by atoms with E-state index in [2.05, 4.69) is 41.2 Å². The van der Waals surface area contributed by atoms with Crippen molar-refractivity contribution >= 4 is 9.76 Å². The molecule has 0 saturated carbocycles. The Bertz CT molecular complexity index is 350. The average molecular weight is 363 g/mol. The fourth-order valence-corrected chi connectivity index (χ4v) is 2.44. The van der Waals surface area contributed by atoms with Crippen molar-refractivity contribution < 1.29 is 23.7 Å². The van der Waals surface area contributed by atoms with Gasteiger partial charge in [0, 0.05) is 13.7 Å². The van der Waals surface area contributed by atoms with Crippen LogP contribution in [-0.4, -0.2) is 58.9 Å². The van der Waals surface area contributed by atoms with Crippen LogP contribution in [-0.2, 0) is 18.6 Å². The van der Waals surface area contributed by atoms with E-state index in [1.165, 1.54) is 0 Å². The minimum Gasteiger partial charge on any atom is -0.400 e. The van der Waals surface area contributed by atoms with Gasteiger partial charge in [-0.15, -0.1) is 6.58 Å². The lowest BCUT2D eigenvalue weighted by atomic mass is 9.79. The van der Waals surface area contributed by atoms with Gasteiger partial charge in [-0.25, -0.2) is 0 Å². The molecule has 0 aliphatic rings. The van der Waals surface area contributed by atoms with Crippen molar-refractivity contribution in [3.05, 3.63) is 12.7 Å². The first-order chi connectivity index (χ1) is 11.0. The Balaban J connectivity index is 4.23. The van der Waals surface area contributed by atoms with Gasteiger partial charge in [0.05, 0.1) is 17.4 Å². The number of methoxy groups -OCH3 is 1. The summed E-state index contributed by atoms with van der Waals surface area (Å²) in [6, 6.07) is 0. The first-order valence-electron chi connectivity index (χ1n) is 8.65.